The molecule has 0 atom stereocenters. The highest BCUT2D eigenvalue weighted by Gasteiger charge is 2.03. The van der Waals surface area contributed by atoms with Crippen LogP contribution in [0.25, 0.3) is 10.9 Å². The van der Waals surface area contributed by atoms with E-state index in [1.807, 2.05) is 38.1 Å². The van der Waals surface area contributed by atoms with E-state index in [1.54, 1.807) is 12.1 Å². The summed E-state index contributed by atoms with van der Waals surface area (Å²) < 4.78 is 0. The Bertz CT molecular complexity index is 500. The van der Waals surface area contributed by atoms with Gasteiger partial charge in [0.2, 0.25) is 0 Å². The van der Waals surface area contributed by atoms with Crippen LogP contribution in [0.15, 0.2) is 30.3 Å². The first-order valence-electron chi connectivity index (χ1n) is 4.80. The molecule has 3 heteroatoms. The maximum Gasteiger partial charge on any atom is 0.182 e. The Labute approximate surface area is 88.6 Å². The van der Waals surface area contributed by atoms with Gasteiger partial charge in [0.15, 0.2) is 11.4 Å². The largest absolute Gasteiger partial charge is 0.505 e. The number of hydrogen-bond acceptors (Lipinski definition) is 3. The number of fused-ring (bicyclic) bond motifs is 1. The van der Waals surface area contributed by atoms with Crippen molar-refractivity contribution in [3.8, 4) is 11.8 Å². The molecular weight excluding hydrogens is 188 g/mol. The van der Waals surface area contributed by atoms with E-state index in [0.29, 0.717) is 0 Å². The van der Waals surface area contributed by atoms with Crippen molar-refractivity contribution in [3.05, 3.63) is 36.0 Å². The van der Waals surface area contributed by atoms with Crippen LogP contribution in [0.2, 0.25) is 0 Å². The molecule has 0 radical (unpaired) electrons. The van der Waals surface area contributed by atoms with Crippen LogP contribution < -0.4 is 0 Å². The molecule has 0 fully saturated rings. The number of nitriles is 1. The lowest BCUT2D eigenvalue weighted by Crippen LogP contribution is -1.84. The number of hydrogen-bond donors (Lipinski definition) is 1. The van der Waals surface area contributed by atoms with Crippen molar-refractivity contribution < 1.29 is 5.11 Å². The Morgan fingerprint density at radius 1 is 1.27 bits per heavy atom. The average molecular weight is 200 g/mol. The molecule has 15 heavy (non-hydrogen) atoms. The van der Waals surface area contributed by atoms with Gasteiger partial charge in [0.1, 0.15) is 6.07 Å². The zero-order valence-corrected chi connectivity index (χ0v) is 8.73. The summed E-state index contributed by atoms with van der Waals surface area (Å²) in [5.41, 5.74) is 0.788. The molecule has 0 aliphatic carbocycles. The molecule has 0 unspecified atom stereocenters. The summed E-state index contributed by atoms with van der Waals surface area (Å²) in [4.78, 5) is 3.98. The number of pyridine rings is 1. The van der Waals surface area contributed by atoms with Crippen LogP contribution >= 0.6 is 0 Å². The molecule has 1 aromatic heterocycles. The van der Waals surface area contributed by atoms with Gasteiger partial charge in [-0.15, -0.1) is 0 Å². The number of benzene rings is 1. The first-order chi connectivity index (χ1) is 7.31. The molecule has 0 bridgehead atoms. The van der Waals surface area contributed by atoms with E-state index in [2.05, 4.69) is 4.98 Å². The summed E-state index contributed by atoms with van der Waals surface area (Å²) >= 11 is 0. The summed E-state index contributed by atoms with van der Waals surface area (Å²) in [6.07, 6.45) is 0. The highest BCUT2D eigenvalue weighted by molar-refractivity contribution is 5.80. The quantitative estimate of drug-likeness (QED) is 0.711. The fourth-order valence-corrected chi connectivity index (χ4v) is 1.19. The van der Waals surface area contributed by atoms with Gasteiger partial charge in [0, 0.05) is 5.39 Å². The Kier molecular flexibility index (Phi) is 3.64. The van der Waals surface area contributed by atoms with E-state index in [9.17, 15) is 5.11 Å². The minimum absolute atomic E-state index is 0.0682. The minimum atomic E-state index is -0.0683. The van der Waals surface area contributed by atoms with Crippen LogP contribution in [0, 0.1) is 11.3 Å². The van der Waals surface area contributed by atoms with Gasteiger partial charge < -0.3 is 5.11 Å². The zero-order chi connectivity index (χ0) is 11.3. The molecule has 0 aliphatic heterocycles. The van der Waals surface area contributed by atoms with Crippen LogP contribution in [0.3, 0.4) is 0 Å². The summed E-state index contributed by atoms with van der Waals surface area (Å²) in [5.74, 6) is -0.0683. The second-order valence-corrected chi connectivity index (χ2v) is 2.66. The SMILES string of the molecule is CC.N#Cc1nc2ccccc2cc1O. The van der Waals surface area contributed by atoms with Crippen LogP contribution in [0.1, 0.15) is 19.5 Å². The van der Waals surface area contributed by atoms with Gasteiger partial charge in [-0.1, -0.05) is 32.0 Å². The standard InChI is InChI=1S/C10H6N2O.C2H6/c11-6-9-10(13)5-7-3-1-2-4-8(7)12-9;1-2/h1-5,13H;1-2H3. The molecule has 2 aromatic rings. The van der Waals surface area contributed by atoms with Crippen molar-refractivity contribution in [1.82, 2.24) is 4.98 Å². The maximum atomic E-state index is 9.32. The van der Waals surface area contributed by atoms with Gasteiger partial charge >= 0.3 is 0 Å². The predicted octanol–water partition coefficient (Wildman–Crippen LogP) is 2.84. The smallest absolute Gasteiger partial charge is 0.182 e. The average Bonchev–Trinajstić information content (AvgIpc) is 2.31. The number of nitrogens with zero attached hydrogens (tertiary/aromatic N) is 2. The van der Waals surface area contributed by atoms with Gasteiger partial charge in [-0.25, -0.2) is 4.98 Å². The van der Waals surface area contributed by atoms with E-state index < -0.39 is 0 Å². The van der Waals surface area contributed by atoms with Crippen LogP contribution in [0.4, 0.5) is 0 Å². The van der Waals surface area contributed by atoms with Crippen molar-refractivity contribution >= 4 is 10.9 Å². The summed E-state index contributed by atoms with van der Waals surface area (Å²) in [7, 11) is 0. The normalized spacial score (nSPS) is 8.87. The Hall–Kier alpha value is -2.08. The molecule has 2 rings (SSSR count). The van der Waals surface area contributed by atoms with Gasteiger partial charge in [-0.05, 0) is 12.1 Å². The number of aromatic hydroxyl groups is 1. The lowest BCUT2D eigenvalue weighted by molar-refractivity contribution is 0.472. The Balaban J connectivity index is 0.000000531. The highest BCUT2D eigenvalue weighted by Crippen LogP contribution is 2.20. The molecule has 0 saturated carbocycles. The van der Waals surface area contributed by atoms with Crippen molar-refractivity contribution in [2.75, 3.05) is 0 Å². The van der Waals surface area contributed by atoms with Gasteiger partial charge in [0.05, 0.1) is 5.52 Å². The van der Waals surface area contributed by atoms with Gasteiger partial charge in [0.25, 0.3) is 0 Å². The second-order valence-electron chi connectivity index (χ2n) is 2.66. The fourth-order valence-electron chi connectivity index (χ4n) is 1.19. The second kappa shape index (κ2) is 4.97. The van der Waals surface area contributed by atoms with Crippen molar-refractivity contribution in [2.45, 2.75) is 13.8 Å². The van der Waals surface area contributed by atoms with E-state index in [4.69, 9.17) is 5.26 Å². The zero-order valence-electron chi connectivity index (χ0n) is 8.73. The van der Waals surface area contributed by atoms with Crippen LogP contribution in [-0.2, 0) is 0 Å². The van der Waals surface area contributed by atoms with E-state index in [0.717, 1.165) is 10.9 Å². The third kappa shape index (κ3) is 2.23. The lowest BCUT2D eigenvalue weighted by Gasteiger charge is -1.98. The maximum absolute atomic E-state index is 9.32. The molecule has 1 aromatic carbocycles. The summed E-state index contributed by atoms with van der Waals surface area (Å²) in [6.45, 7) is 4.00. The highest BCUT2D eigenvalue weighted by atomic mass is 16.3. The monoisotopic (exact) mass is 200 g/mol. The molecule has 3 nitrogen and oxygen atoms in total. The number of para-hydroxylation sites is 1. The minimum Gasteiger partial charge on any atom is -0.505 e. The van der Waals surface area contributed by atoms with Gasteiger partial charge in [-0.2, -0.15) is 5.26 Å². The van der Waals surface area contributed by atoms with Gasteiger partial charge in [-0.3, -0.25) is 0 Å². The third-order valence-electron chi connectivity index (χ3n) is 1.81. The molecular formula is C12H12N2O. The molecule has 0 amide bonds. The van der Waals surface area contributed by atoms with E-state index >= 15 is 0 Å². The molecule has 76 valence electrons. The predicted molar refractivity (Wildman–Crippen MR) is 59.5 cm³/mol. The molecule has 0 aliphatic rings. The molecule has 1 N–H and O–H groups in total. The van der Waals surface area contributed by atoms with Crippen LogP contribution in [-0.4, -0.2) is 10.1 Å². The summed E-state index contributed by atoms with van der Waals surface area (Å²) in [6, 6.07) is 10.7. The molecule has 0 saturated heterocycles. The Morgan fingerprint density at radius 2 is 1.93 bits per heavy atom. The lowest BCUT2D eigenvalue weighted by atomic mass is 10.2. The summed E-state index contributed by atoms with van der Waals surface area (Å²) in [5, 5.41) is 18.8. The first kappa shape index (κ1) is 11.0. The number of aromatic nitrogens is 1. The molecule has 1 heterocycles. The van der Waals surface area contributed by atoms with Crippen molar-refractivity contribution in [2.24, 2.45) is 0 Å². The topological polar surface area (TPSA) is 56.9 Å². The van der Waals surface area contributed by atoms with E-state index in [1.165, 1.54) is 0 Å². The fraction of sp³-hybridized carbons (Fsp3) is 0.167. The van der Waals surface area contributed by atoms with Crippen molar-refractivity contribution in [1.29, 1.82) is 5.26 Å². The Morgan fingerprint density at radius 3 is 2.60 bits per heavy atom. The van der Waals surface area contributed by atoms with Crippen molar-refractivity contribution in [3.63, 3.8) is 0 Å². The first-order valence-corrected chi connectivity index (χ1v) is 4.80. The van der Waals surface area contributed by atoms with Crippen LogP contribution in [0.5, 0.6) is 5.75 Å². The number of rotatable bonds is 0. The third-order valence-corrected chi connectivity index (χ3v) is 1.81. The molecule has 0 spiro atoms. The van der Waals surface area contributed by atoms with E-state index in [-0.39, 0.29) is 11.4 Å².